The number of benzene rings is 1. The molecule has 0 aromatic heterocycles. The molecule has 2 unspecified atom stereocenters. The van der Waals surface area contributed by atoms with Gasteiger partial charge in [-0.2, -0.15) is 0 Å². The van der Waals surface area contributed by atoms with Crippen molar-refractivity contribution in [1.82, 2.24) is 4.90 Å². The number of ether oxygens (including phenoxy) is 1. The number of nitrogens with zero attached hydrogens (tertiary/aromatic N) is 1. The van der Waals surface area contributed by atoms with Gasteiger partial charge in [-0.25, -0.2) is 0 Å². The van der Waals surface area contributed by atoms with Crippen LogP contribution in [0.5, 0.6) is 5.75 Å². The average molecular weight is 245 g/mol. The monoisotopic (exact) mass is 245 g/mol. The molecule has 2 atom stereocenters. The van der Waals surface area contributed by atoms with Crippen LogP contribution in [0.1, 0.15) is 24.8 Å². The van der Waals surface area contributed by atoms with Crippen molar-refractivity contribution in [2.75, 3.05) is 13.7 Å². The molecule has 1 heterocycles. The smallest absolute Gasteiger partial charge is 0.226 e. The number of methoxy groups -OCH3 is 1. The van der Waals surface area contributed by atoms with Crippen molar-refractivity contribution in [2.45, 2.75) is 25.8 Å². The molecular weight excluding hydrogens is 226 g/mol. The highest BCUT2D eigenvalue weighted by atomic mass is 16.5. The number of rotatable bonds is 3. The van der Waals surface area contributed by atoms with E-state index in [1.54, 1.807) is 7.11 Å². The van der Waals surface area contributed by atoms with E-state index >= 15 is 0 Å². The molecule has 1 aliphatic carbocycles. The van der Waals surface area contributed by atoms with Crippen LogP contribution < -0.4 is 4.74 Å². The molecule has 0 spiro atoms. The molecule has 0 N–H and O–H groups in total. The number of fused-ring (bicyclic) bond motifs is 1. The molecule has 3 heteroatoms. The Hall–Kier alpha value is -1.51. The first-order chi connectivity index (χ1) is 8.78. The van der Waals surface area contributed by atoms with Gasteiger partial charge in [0.2, 0.25) is 5.91 Å². The predicted octanol–water partition coefficient (Wildman–Crippen LogP) is 2.45. The summed E-state index contributed by atoms with van der Waals surface area (Å²) in [5, 5.41) is 0. The van der Waals surface area contributed by atoms with Crippen molar-refractivity contribution in [2.24, 2.45) is 11.8 Å². The third-order valence-electron chi connectivity index (χ3n) is 4.28. The second-order valence-electron chi connectivity index (χ2n) is 5.36. The van der Waals surface area contributed by atoms with Crippen molar-refractivity contribution in [3.05, 3.63) is 29.8 Å². The fourth-order valence-electron chi connectivity index (χ4n) is 3.28. The maximum Gasteiger partial charge on any atom is 0.226 e. The van der Waals surface area contributed by atoms with Crippen molar-refractivity contribution in [3.8, 4) is 5.75 Å². The molecule has 1 aromatic rings. The van der Waals surface area contributed by atoms with Crippen LogP contribution >= 0.6 is 0 Å². The van der Waals surface area contributed by atoms with Crippen molar-refractivity contribution >= 4 is 5.91 Å². The van der Waals surface area contributed by atoms with E-state index in [1.165, 1.54) is 18.4 Å². The summed E-state index contributed by atoms with van der Waals surface area (Å²) in [6.07, 6.45) is 3.57. The van der Waals surface area contributed by atoms with Gasteiger partial charge in [0.15, 0.2) is 0 Å². The molecule has 0 radical (unpaired) electrons. The minimum atomic E-state index is 0.322. The van der Waals surface area contributed by atoms with Crippen LogP contribution in [-0.2, 0) is 11.3 Å². The Balaban J connectivity index is 1.67. The second kappa shape index (κ2) is 4.63. The molecule has 1 amide bonds. The Bertz CT molecular complexity index is 440. The summed E-state index contributed by atoms with van der Waals surface area (Å²) in [7, 11) is 1.67. The van der Waals surface area contributed by atoms with Gasteiger partial charge in [0.1, 0.15) is 5.75 Å². The van der Waals surface area contributed by atoms with E-state index in [-0.39, 0.29) is 0 Å². The fraction of sp³-hybridized carbons (Fsp3) is 0.533. The third kappa shape index (κ3) is 1.98. The normalized spacial score (nSPS) is 26.5. The van der Waals surface area contributed by atoms with Crippen LogP contribution in [0.15, 0.2) is 24.3 Å². The molecule has 2 fully saturated rings. The van der Waals surface area contributed by atoms with Crippen molar-refractivity contribution < 1.29 is 9.53 Å². The van der Waals surface area contributed by atoms with E-state index in [0.717, 1.165) is 25.3 Å². The Morgan fingerprint density at radius 3 is 2.72 bits per heavy atom. The summed E-state index contributed by atoms with van der Waals surface area (Å²) in [4.78, 5) is 14.2. The molecule has 96 valence electrons. The first-order valence-corrected chi connectivity index (χ1v) is 6.69. The lowest BCUT2D eigenvalue weighted by Crippen LogP contribution is -2.26. The SMILES string of the molecule is COc1ccc(CN2CC3CCCC3C2=O)cc1. The number of likely N-dealkylation sites (tertiary alicyclic amines) is 1. The zero-order chi connectivity index (χ0) is 12.5. The molecule has 1 aromatic carbocycles. The van der Waals surface area contributed by atoms with E-state index in [4.69, 9.17) is 4.74 Å². The summed E-state index contributed by atoms with van der Waals surface area (Å²) in [5.41, 5.74) is 1.18. The van der Waals surface area contributed by atoms with Gasteiger partial charge in [-0.15, -0.1) is 0 Å². The highest BCUT2D eigenvalue weighted by Crippen LogP contribution is 2.39. The second-order valence-corrected chi connectivity index (χ2v) is 5.36. The van der Waals surface area contributed by atoms with E-state index in [2.05, 4.69) is 0 Å². The van der Waals surface area contributed by atoms with Crippen molar-refractivity contribution in [1.29, 1.82) is 0 Å². The van der Waals surface area contributed by atoms with Gasteiger partial charge in [0.25, 0.3) is 0 Å². The molecule has 0 bridgehead atoms. The standard InChI is InChI=1S/C15H19NO2/c1-18-13-7-5-11(6-8-13)9-16-10-12-3-2-4-14(12)15(16)17/h5-8,12,14H,2-4,9-10H2,1H3. The van der Waals surface area contributed by atoms with Gasteiger partial charge in [0.05, 0.1) is 7.11 Å². The number of carbonyl (C=O) groups excluding carboxylic acids is 1. The molecule has 3 rings (SSSR count). The number of amides is 1. The predicted molar refractivity (Wildman–Crippen MR) is 69.2 cm³/mol. The Labute approximate surface area is 108 Å². The molecule has 2 aliphatic rings. The van der Waals surface area contributed by atoms with Gasteiger partial charge in [-0.05, 0) is 36.5 Å². The summed E-state index contributed by atoms with van der Waals surface area (Å²) in [6, 6.07) is 7.99. The number of carbonyl (C=O) groups is 1. The van der Waals surface area contributed by atoms with Gasteiger partial charge >= 0.3 is 0 Å². The Morgan fingerprint density at radius 1 is 1.28 bits per heavy atom. The first kappa shape index (κ1) is 11.6. The average Bonchev–Trinajstić information content (AvgIpc) is 2.95. The van der Waals surface area contributed by atoms with Gasteiger partial charge in [0, 0.05) is 19.0 Å². The molecule has 3 nitrogen and oxygen atoms in total. The first-order valence-electron chi connectivity index (χ1n) is 6.69. The van der Waals surface area contributed by atoms with Crippen LogP contribution in [0.2, 0.25) is 0 Å². The molecular formula is C15H19NO2. The van der Waals surface area contributed by atoms with Gasteiger partial charge < -0.3 is 9.64 Å². The van der Waals surface area contributed by atoms with Crippen LogP contribution in [0.25, 0.3) is 0 Å². The highest BCUT2D eigenvalue weighted by Gasteiger charge is 2.42. The largest absolute Gasteiger partial charge is 0.497 e. The molecule has 1 saturated heterocycles. The minimum absolute atomic E-state index is 0.322. The van der Waals surface area contributed by atoms with E-state index < -0.39 is 0 Å². The van der Waals surface area contributed by atoms with E-state index in [1.807, 2.05) is 29.2 Å². The topological polar surface area (TPSA) is 29.5 Å². The summed E-state index contributed by atoms with van der Waals surface area (Å²) >= 11 is 0. The number of hydrogen-bond acceptors (Lipinski definition) is 2. The lowest BCUT2D eigenvalue weighted by atomic mass is 10.0. The zero-order valence-corrected chi connectivity index (χ0v) is 10.8. The van der Waals surface area contributed by atoms with Gasteiger partial charge in [-0.3, -0.25) is 4.79 Å². The highest BCUT2D eigenvalue weighted by molar-refractivity contribution is 5.81. The molecule has 18 heavy (non-hydrogen) atoms. The third-order valence-corrected chi connectivity index (χ3v) is 4.28. The van der Waals surface area contributed by atoms with E-state index in [9.17, 15) is 4.79 Å². The minimum Gasteiger partial charge on any atom is -0.497 e. The van der Waals surface area contributed by atoms with Crippen LogP contribution in [0, 0.1) is 11.8 Å². The number of hydrogen-bond donors (Lipinski definition) is 0. The Morgan fingerprint density at radius 2 is 2.06 bits per heavy atom. The summed E-state index contributed by atoms with van der Waals surface area (Å²) in [6.45, 7) is 1.70. The van der Waals surface area contributed by atoms with Gasteiger partial charge in [-0.1, -0.05) is 18.6 Å². The lowest BCUT2D eigenvalue weighted by molar-refractivity contribution is -0.131. The van der Waals surface area contributed by atoms with Crippen LogP contribution in [0.3, 0.4) is 0 Å². The molecule has 1 saturated carbocycles. The fourth-order valence-corrected chi connectivity index (χ4v) is 3.28. The van der Waals surface area contributed by atoms with E-state index in [0.29, 0.717) is 17.7 Å². The quantitative estimate of drug-likeness (QED) is 0.818. The maximum atomic E-state index is 12.2. The van der Waals surface area contributed by atoms with Crippen molar-refractivity contribution in [3.63, 3.8) is 0 Å². The summed E-state index contributed by atoms with van der Waals surface area (Å²) in [5.74, 6) is 2.18. The maximum absolute atomic E-state index is 12.2. The Kier molecular flexibility index (Phi) is 2.98. The zero-order valence-electron chi connectivity index (χ0n) is 10.8. The van der Waals surface area contributed by atoms with Crippen LogP contribution in [-0.4, -0.2) is 24.5 Å². The molecule has 1 aliphatic heterocycles. The lowest BCUT2D eigenvalue weighted by Gasteiger charge is -2.17. The van der Waals surface area contributed by atoms with Crippen LogP contribution in [0.4, 0.5) is 0 Å². The summed E-state index contributed by atoms with van der Waals surface area (Å²) < 4.78 is 5.14.